The first-order valence-electron chi connectivity index (χ1n) is 4.72. The second-order valence-electron chi connectivity index (χ2n) is 2.86. The minimum Gasteiger partial charge on any atom is -0.499 e. The Morgan fingerprint density at radius 2 is 1.92 bits per heavy atom. The molecule has 2 nitrogen and oxygen atoms in total. The van der Waals surface area contributed by atoms with E-state index in [1.165, 1.54) is 0 Å². The van der Waals surface area contributed by atoms with Crippen molar-refractivity contribution >= 4 is 0 Å². The zero-order valence-electron chi connectivity index (χ0n) is 8.01. The van der Waals surface area contributed by atoms with Gasteiger partial charge in [0.2, 0.25) is 0 Å². The first-order chi connectivity index (χ1) is 5.81. The number of unbranched alkanes of at least 4 members (excludes halogenated alkanes) is 3. The SMILES string of the molecule is C=C(CCCCCCO)OCC. The number of hydrogen-bond donors (Lipinski definition) is 1. The van der Waals surface area contributed by atoms with E-state index in [1.54, 1.807) is 0 Å². The maximum Gasteiger partial charge on any atom is 0.0888 e. The van der Waals surface area contributed by atoms with Crippen molar-refractivity contribution in [3.8, 4) is 0 Å². The van der Waals surface area contributed by atoms with Crippen LogP contribution in [0, 0.1) is 0 Å². The Hall–Kier alpha value is -0.500. The predicted molar refractivity (Wildman–Crippen MR) is 50.9 cm³/mol. The molecule has 0 radical (unpaired) electrons. The molecule has 0 saturated carbocycles. The summed E-state index contributed by atoms with van der Waals surface area (Å²) in [5, 5.41) is 8.52. The van der Waals surface area contributed by atoms with E-state index in [2.05, 4.69) is 6.58 Å². The quantitative estimate of drug-likeness (QED) is 0.450. The molecule has 0 aromatic rings. The summed E-state index contributed by atoms with van der Waals surface area (Å²) in [6, 6.07) is 0. The van der Waals surface area contributed by atoms with Crippen molar-refractivity contribution in [1.29, 1.82) is 0 Å². The van der Waals surface area contributed by atoms with Gasteiger partial charge in [-0.25, -0.2) is 0 Å². The molecular weight excluding hydrogens is 152 g/mol. The molecule has 0 fully saturated rings. The van der Waals surface area contributed by atoms with Crippen LogP contribution in [0.4, 0.5) is 0 Å². The summed E-state index contributed by atoms with van der Waals surface area (Å²) in [5.74, 6) is 0.890. The molecule has 0 atom stereocenters. The van der Waals surface area contributed by atoms with Gasteiger partial charge in [-0.1, -0.05) is 19.4 Å². The Labute approximate surface area is 75.2 Å². The second-order valence-corrected chi connectivity index (χ2v) is 2.86. The third-order valence-electron chi connectivity index (χ3n) is 1.71. The summed E-state index contributed by atoms with van der Waals surface area (Å²) in [5.41, 5.74) is 0. The molecule has 2 heteroatoms. The van der Waals surface area contributed by atoms with Crippen LogP contribution in [0.2, 0.25) is 0 Å². The van der Waals surface area contributed by atoms with Gasteiger partial charge in [-0.3, -0.25) is 0 Å². The van der Waals surface area contributed by atoms with Crippen LogP contribution in [-0.2, 0) is 4.74 Å². The first-order valence-corrected chi connectivity index (χ1v) is 4.72. The molecule has 0 rings (SSSR count). The van der Waals surface area contributed by atoms with Crippen molar-refractivity contribution in [2.75, 3.05) is 13.2 Å². The van der Waals surface area contributed by atoms with E-state index in [1.807, 2.05) is 6.92 Å². The van der Waals surface area contributed by atoms with Gasteiger partial charge >= 0.3 is 0 Å². The molecule has 72 valence electrons. The number of ether oxygens (including phenoxy) is 1. The molecule has 0 aliphatic rings. The summed E-state index contributed by atoms with van der Waals surface area (Å²) in [6.07, 6.45) is 5.27. The minimum absolute atomic E-state index is 0.312. The Bertz CT molecular complexity index is 110. The van der Waals surface area contributed by atoms with Crippen molar-refractivity contribution < 1.29 is 9.84 Å². The van der Waals surface area contributed by atoms with Crippen LogP contribution in [0.1, 0.15) is 39.0 Å². The smallest absolute Gasteiger partial charge is 0.0888 e. The summed E-state index contributed by atoms with van der Waals surface area (Å²) < 4.78 is 5.20. The van der Waals surface area contributed by atoms with Gasteiger partial charge in [0.25, 0.3) is 0 Å². The summed E-state index contributed by atoms with van der Waals surface area (Å²) >= 11 is 0. The normalized spacial score (nSPS) is 9.83. The molecule has 0 unspecified atom stereocenters. The zero-order valence-corrected chi connectivity index (χ0v) is 8.01. The Kier molecular flexibility index (Phi) is 8.24. The molecular formula is C10H20O2. The van der Waals surface area contributed by atoms with E-state index < -0.39 is 0 Å². The van der Waals surface area contributed by atoms with Crippen molar-refractivity contribution in [2.24, 2.45) is 0 Å². The molecule has 0 bridgehead atoms. The summed E-state index contributed by atoms with van der Waals surface area (Å²) in [7, 11) is 0. The van der Waals surface area contributed by atoms with Crippen LogP contribution >= 0.6 is 0 Å². The standard InChI is InChI=1S/C10H20O2/c1-3-12-10(2)8-6-4-5-7-9-11/h11H,2-9H2,1H3. The topological polar surface area (TPSA) is 29.5 Å². The van der Waals surface area contributed by atoms with Crippen molar-refractivity contribution in [2.45, 2.75) is 39.0 Å². The lowest BCUT2D eigenvalue weighted by Gasteiger charge is -2.05. The second kappa shape index (κ2) is 8.60. The van der Waals surface area contributed by atoms with Crippen molar-refractivity contribution in [1.82, 2.24) is 0 Å². The lowest BCUT2D eigenvalue weighted by Crippen LogP contribution is -1.90. The summed E-state index contributed by atoms with van der Waals surface area (Å²) in [6.45, 7) is 6.79. The van der Waals surface area contributed by atoms with E-state index in [4.69, 9.17) is 9.84 Å². The Balaban J connectivity index is 3.03. The molecule has 1 N–H and O–H groups in total. The van der Waals surface area contributed by atoms with Crippen LogP contribution in [-0.4, -0.2) is 18.3 Å². The summed E-state index contributed by atoms with van der Waals surface area (Å²) in [4.78, 5) is 0. The third-order valence-corrected chi connectivity index (χ3v) is 1.71. The van der Waals surface area contributed by atoms with Crippen LogP contribution in [0.5, 0.6) is 0 Å². The molecule has 0 aromatic heterocycles. The van der Waals surface area contributed by atoms with Gasteiger partial charge in [0.1, 0.15) is 0 Å². The molecule has 0 aromatic carbocycles. The maximum absolute atomic E-state index is 8.52. The highest BCUT2D eigenvalue weighted by molar-refractivity contribution is 4.81. The fourth-order valence-electron chi connectivity index (χ4n) is 1.06. The van der Waals surface area contributed by atoms with Crippen LogP contribution < -0.4 is 0 Å². The van der Waals surface area contributed by atoms with Crippen LogP contribution in [0.3, 0.4) is 0 Å². The highest BCUT2D eigenvalue weighted by Gasteiger charge is 1.93. The van der Waals surface area contributed by atoms with E-state index in [0.717, 1.165) is 44.5 Å². The van der Waals surface area contributed by atoms with E-state index in [0.29, 0.717) is 6.61 Å². The number of aliphatic hydroxyl groups is 1. The van der Waals surface area contributed by atoms with Gasteiger partial charge in [-0.05, 0) is 19.8 Å². The fraction of sp³-hybridized carbons (Fsp3) is 0.800. The van der Waals surface area contributed by atoms with Gasteiger partial charge in [-0.15, -0.1) is 0 Å². The molecule has 0 heterocycles. The highest BCUT2D eigenvalue weighted by Crippen LogP contribution is 2.08. The average molecular weight is 172 g/mol. The van der Waals surface area contributed by atoms with Gasteiger partial charge in [0, 0.05) is 13.0 Å². The highest BCUT2D eigenvalue weighted by atomic mass is 16.5. The van der Waals surface area contributed by atoms with E-state index in [9.17, 15) is 0 Å². The monoisotopic (exact) mass is 172 g/mol. The fourth-order valence-corrected chi connectivity index (χ4v) is 1.06. The molecule has 0 spiro atoms. The van der Waals surface area contributed by atoms with Crippen LogP contribution in [0.25, 0.3) is 0 Å². The molecule has 0 aliphatic carbocycles. The first kappa shape index (κ1) is 11.5. The zero-order chi connectivity index (χ0) is 9.23. The van der Waals surface area contributed by atoms with Gasteiger partial charge in [0.15, 0.2) is 0 Å². The molecule has 0 saturated heterocycles. The molecule has 0 amide bonds. The molecule has 12 heavy (non-hydrogen) atoms. The van der Waals surface area contributed by atoms with Gasteiger partial charge in [0.05, 0.1) is 12.4 Å². The Morgan fingerprint density at radius 3 is 2.50 bits per heavy atom. The van der Waals surface area contributed by atoms with Crippen LogP contribution in [0.15, 0.2) is 12.3 Å². The Morgan fingerprint density at radius 1 is 1.25 bits per heavy atom. The predicted octanol–water partition coefficient (Wildman–Crippen LogP) is 2.48. The lowest BCUT2D eigenvalue weighted by molar-refractivity contribution is 0.217. The van der Waals surface area contributed by atoms with E-state index in [-0.39, 0.29) is 0 Å². The lowest BCUT2D eigenvalue weighted by atomic mass is 10.1. The van der Waals surface area contributed by atoms with Gasteiger partial charge < -0.3 is 9.84 Å². The maximum atomic E-state index is 8.52. The van der Waals surface area contributed by atoms with Crippen molar-refractivity contribution in [3.63, 3.8) is 0 Å². The van der Waals surface area contributed by atoms with Gasteiger partial charge in [-0.2, -0.15) is 0 Å². The number of hydrogen-bond acceptors (Lipinski definition) is 2. The van der Waals surface area contributed by atoms with E-state index >= 15 is 0 Å². The minimum atomic E-state index is 0.312. The number of aliphatic hydroxyl groups excluding tert-OH is 1. The third kappa shape index (κ3) is 7.61. The van der Waals surface area contributed by atoms with Crippen molar-refractivity contribution in [3.05, 3.63) is 12.3 Å². The number of allylic oxidation sites excluding steroid dienone is 1. The largest absolute Gasteiger partial charge is 0.499 e. The molecule has 0 aliphatic heterocycles. The average Bonchev–Trinajstić information content (AvgIpc) is 2.05. The number of rotatable bonds is 8.